The minimum Gasteiger partial charge on any atom is -0.412 e. The molecular weight excluding hydrogens is 332 g/mol. The van der Waals surface area contributed by atoms with Gasteiger partial charge in [-0.05, 0) is 6.42 Å². The molecule has 3 N–H and O–H groups in total. The third-order valence-corrected chi connectivity index (χ3v) is 5.76. The summed E-state index contributed by atoms with van der Waals surface area (Å²) in [5.41, 5.74) is 0. The third-order valence-electron chi connectivity index (χ3n) is 5.76. The number of aliphatic hydroxyl groups excluding tert-OH is 1. The highest BCUT2D eigenvalue weighted by molar-refractivity contribution is 4.51. The van der Waals surface area contributed by atoms with Gasteiger partial charge in [0.15, 0.2) is 0 Å². The number of unbranched alkanes of at least 4 members (excludes halogenated alkanes) is 22. The first-order valence-corrected chi connectivity index (χ1v) is 12.5. The topological polar surface area (TPSA) is 51.7 Å². The summed E-state index contributed by atoms with van der Waals surface area (Å²) in [4.78, 5) is 0. The predicted molar refractivity (Wildman–Crippen MR) is 123 cm³/mol. The van der Waals surface area contributed by atoms with E-state index in [1.165, 1.54) is 141 Å². The standard InChI is InChI=1S/C25H52O.H2O/c1-2-3-4-5-6-7-8-9-10-11-12-13-14-15-16-17-18-19-20-21-22-23-24-25-26;/h26H,2-25H2,1H3;1H2. The lowest BCUT2D eigenvalue weighted by atomic mass is 10.0. The molecule has 166 valence electrons. The van der Waals surface area contributed by atoms with Crippen LogP contribution in [-0.2, 0) is 0 Å². The monoisotopic (exact) mass is 386 g/mol. The molecule has 0 radical (unpaired) electrons. The molecule has 0 saturated carbocycles. The first-order chi connectivity index (χ1) is 12.9. The lowest BCUT2D eigenvalue weighted by Gasteiger charge is -2.04. The molecule has 0 aromatic carbocycles. The van der Waals surface area contributed by atoms with E-state index in [0.29, 0.717) is 6.61 Å². The van der Waals surface area contributed by atoms with Crippen LogP contribution in [0.1, 0.15) is 155 Å². The Bertz CT molecular complexity index is 206. The molecule has 0 aliphatic heterocycles. The highest BCUT2D eigenvalue weighted by Gasteiger charge is 1.95. The summed E-state index contributed by atoms with van der Waals surface area (Å²) in [6, 6.07) is 0. The average molecular weight is 387 g/mol. The van der Waals surface area contributed by atoms with Crippen molar-refractivity contribution in [2.45, 2.75) is 155 Å². The predicted octanol–water partition coefficient (Wildman–Crippen LogP) is 8.15. The Hall–Kier alpha value is -0.0800. The summed E-state index contributed by atoms with van der Waals surface area (Å²) >= 11 is 0. The summed E-state index contributed by atoms with van der Waals surface area (Å²) in [7, 11) is 0. The minimum absolute atomic E-state index is 0. The second-order valence-corrected chi connectivity index (χ2v) is 8.50. The fraction of sp³-hybridized carbons (Fsp3) is 1.00. The van der Waals surface area contributed by atoms with Crippen LogP contribution in [0.3, 0.4) is 0 Å². The Labute approximate surface area is 172 Å². The average Bonchev–Trinajstić information content (AvgIpc) is 2.66. The van der Waals surface area contributed by atoms with Crippen LogP contribution in [-0.4, -0.2) is 17.2 Å². The van der Waals surface area contributed by atoms with Crippen LogP contribution in [0.15, 0.2) is 0 Å². The largest absolute Gasteiger partial charge is 0.412 e. The van der Waals surface area contributed by atoms with Crippen molar-refractivity contribution < 1.29 is 10.6 Å². The molecule has 2 nitrogen and oxygen atoms in total. The van der Waals surface area contributed by atoms with E-state index >= 15 is 0 Å². The lowest BCUT2D eigenvalue weighted by molar-refractivity contribution is 0.282. The van der Waals surface area contributed by atoms with Crippen LogP contribution in [0.5, 0.6) is 0 Å². The van der Waals surface area contributed by atoms with E-state index in [1.54, 1.807) is 0 Å². The van der Waals surface area contributed by atoms with Crippen molar-refractivity contribution in [3.63, 3.8) is 0 Å². The van der Waals surface area contributed by atoms with Crippen molar-refractivity contribution in [3.05, 3.63) is 0 Å². The molecule has 0 fully saturated rings. The molecule has 0 unspecified atom stereocenters. The summed E-state index contributed by atoms with van der Waals surface area (Å²) in [6.07, 6.45) is 32.6. The zero-order valence-corrected chi connectivity index (χ0v) is 18.9. The molecule has 0 aromatic rings. The lowest BCUT2D eigenvalue weighted by Crippen LogP contribution is -1.85. The first kappa shape index (κ1) is 29.1. The number of rotatable bonds is 23. The second-order valence-electron chi connectivity index (χ2n) is 8.50. The maximum atomic E-state index is 8.73. The molecule has 0 aromatic heterocycles. The van der Waals surface area contributed by atoms with E-state index in [-0.39, 0.29) is 5.48 Å². The molecule has 0 heterocycles. The molecule has 0 rings (SSSR count). The smallest absolute Gasteiger partial charge is 0.0431 e. The van der Waals surface area contributed by atoms with Crippen LogP contribution in [0.25, 0.3) is 0 Å². The van der Waals surface area contributed by atoms with Gasteiger partial charge in [-0.1, -0.05) is 148 Å². The van der Waals surface area contributed by atoms with Gasteiger partial charge in [0, 0.05) is 6.61 Å². The summed E-state index contributed by atoms with van der Waals surface area (Å²) in [5.74, 6) is 0. The Morgan fingerprint density at radius 3 is 0.704 bits per heavy atom. The van der Waals surface area contributed by atoms with Crippen molar-refractivity contribution in [1.29, 1.82) is 0 Å². The third kappa shape index (κ3) is 28.2. The second kappa shape index (κ2) is 28.1. The van der Waals surface area contributed by atoms with Crippen molar-refractivity contribution >= 4 is 0 Å². The fourth-order valence-corrected chi connectivity index (χ4v) is 3.90. The van der Waals surface area contributed by atoms with Crippen LogP contribution < -0.4 is 0 Å². The van der Waals surface area contributed by atoms with E-state index < -0.39 is 0 Å². The van der Waals surface area contributed by atoms with Crippen LogP contribution >= 0.6 is 0 Å². The highest BCUT2D eigenvalue weighted by atomic mass is 16.2. The molecule has 2 heteroatoms. The fourth-order valence-electron chi connectivity index (χ4n) is 3.90. The van der Waals surface area contributed by atoms with E-state index in [0.717, 1.165) is 6.42 Å². The van der Waals surface area contributed by atoms with Gasteiger partial charge in [0.05, 0.1) is 0 Å². The minimum atomic E-state index is 0. The molecule has 0 saturated heterocycles. The van der Waals surface area contributed by atoms with Crippen molar-refractivity contribution in [3.8, 4) is 0 Å². The van der Waals surface area contributed by atoms with Gasteiger partial charge in [-0.3, -0.25) is 0 Å². The molecule has 0 amide bonds. The SMILES string of the molecule is CCCCCCCCCCCCCCCCCCCCCCCCCO.O. The normalized spacial score (nSPS) is 10.9. The molecule has 0 aliphatic carbocycles. The van der Waals surface area contributed by atoms with Crippen LogP contribution in [0, 0.1) is 0 Å². The van der Waals surface area contributed by atoms with E-state index in [2.05, 4.69) is 6.92 Å². The zero-order valence-electron chi connectivity index (χ0n) is 18.9. The maximum absolute atomic E-state index is 8.73. The van der Waals surface area contributed by atoms with E-state index in [4.69, 9.17) is 5.11 Å². The molecule has 0 spiro atoms. The number of hydrogen-bond donors (Lipinski definition) is 1. The van der Waals surface area contributed by atoms with Gasteiger partial charge < -0.3 is 10.6 Å². The molecular formula is C25H54O2. The highest BCUT2D eigenvalue weighted by Crippen LogP contribution is 2.15. The Balaban J connectivity index is 0. The first-order valence-electron chi connectivity index (χ1n) is 12.5. The van der Waals surface area contributed by atoms with Gasteiger partial charge in [0.25, 0.3) is 0 Å². The Morgan fingerprint density at radius 2 is 0.519 bits per heavy atom. The Kier molecular flexibility index (Phi) is 30.3. The maximum Gasteiger partial charge on any atom is 0.0431 e. The molecule has 27 heavy (non-hydrogen) atoms. The Morgan fingerprint density at radius 1 is 0.333 bits per heavy atom. The van der Waals surface area contributed by atoms with Crippen molar-refractivity contribution in [1.82, 2.24) is 0 Å². The molecule has 0 aliphatic rings. The van der Waals surface area contributed by atoms with Gasteiger partial charge in [-0.2, -0.15) is 0 Å². The summed E-state index contributed by atoms with van der Waals surface area (Å²) in [6.45, 7) is 2.67. The van der Waals surface area contributed by atoms with Gasteiger partial charge in [0.2, 0.25) is 0 Å². The summed E-state index contributed by atoms with van der Waals surface area (Å²) < 4.78 is 0. The van der Waals surface area contributed by atoms with E-state index in [1.807, 2.05) is 0 Å². The van der Waals surface area contributed by atoms with Crippen molar-refractivity contribution in [2.24, 2.45) is 0 Å². The van der Waals surface area contributed by atoms with Gasteiger partial charge >= 0.3 is 0 Å². The van der Waals surface area contributed by atoms with Crippen LogP contribution in [0.4, 0.5) is 0 Å². The van der Waals surface area contributed by atoms with Crippen molar-refractivity contribution in [2.75, 3.05) is 6.61 Å². The van der Waals surface area contributed by atoms with Crippen LogP contribution in [0.2, 0.25) is 0 Å². The van der Waals surface area contributed by atoms with E-state index in [9.17, 15) is 0 Å². The van der Waals surface area contributed by atoms with Gasteiger partial charge in [-0.15, -0.1) is 0 Å². The number of hydrogen-bond acceptors (Lipinski definition) is 1. The van der Waals surface area contributed by atoms with Gasteiger partial charge in [0.1, 0.15) is 0 Å². The zero-order chi connectivity index (χ0) is 19.0. The van der Waals surface area contributed by atoms with Gasteiger partial charge in [-0.25, -0.2) is 0 Å². The molecule has 0 atom stereocenters. The quantitative estimate of drug-likeness (QED) is 0.177. The molecule has 0 bridgehead atoms. The number of aliphatic hydroxyl groups is 1. The summed E-state index contributed by atoms with van der Waals surface area (Å²) in [5, 5.41) is 8.73.